The number of anilines is 1. The highest BCUT2D eigenvalue weighted by atomic mass is 15.2. The molecule has 1 aromatic rings. The van der Waals surface area contributed by atoms with Gasteiger partial charge in [-0.25, -0.2) is 0 Å². The van der Waals surface area contributed by atoms with Crippen molar-refractivity contribution in [3.63, 3.8) is 0 Å². The molecule has 3 heteroatoms. The first kappa shape index (κ1) is 12.4. The van der Waals surface area contributed by atoms with Gasteiger partial charge in [0.2, 0.25) is 0 Å². The Morgan fingerprint density at radius 3 is 2.71 bits per heavy atom. The summed E-state index contributed by atoms with van der Waals surface area (Å²) in [6, 6.07) is 8.79. The van der Waals surface area contributed by atoms with Gasteiger partial charge >= 0.3 is 0 Å². The molecule has 17 heavy (non-hydrogen) atoms. The van der Waals surface area contributed by atoms with Crippen LogP contribution in [0.4, 0.5) is 5.69 Å². The van der Waals surface area contributed by atoms with Crippen LogP contribution < -0.4 is 5.73 Å². The first-order valence-electron chi connectivity index (χ1n) is 6.28. The average Bonchev–Trinajstić information content (AvgIpc) is 2.64. The molecule has 2 N–H and O–H groups in total. The second-order valence-corrected chi connectivity index (χ2v) is 5.39. The van der Waals surface area contributed by atoms with E-state index < -0.39 is 0 Å². The summed E-state index contributed by atoms with van der Waals surface area (Å²) >= 11 is 0. The van der Waals surface area contributed by atoms with Crippen LogP contribution in [0.5, 0.6) is 0 Å². The average molecular weight is 233 g/mol. The van der Waals surface area contributed by atoms with Crippen LogP contribution in [0.15, 0.2) is 24.3 Å². The van der Waals surface area contributed by atoms with Gasteiger partial charge in [-0.3, -0.25) is 0 Å². The monoisotopic (exact) mass is 233 g/mol. The summed E-state index contributed by atoms with van der Waals surface area (Å²) in [7, 11) is 6.52. The predicted molar refractivity (Wildman–Crippen MR) is 72.9 cm³/mol. The lowest BCUT2D eigenvalue weighted by Gasteiger charge is -2.30. The number of hydrogen-bond donors (Lipinski definition) is 1. The quantitative estimate of drug-likeness (QED) is 0.808. The molecule has 2 atom stereocenters. The zero-order valence-corrected chi connectivity index (χ0v) is 11.1. The van der Waals surface area contributed by atoms with Crippen LogP contribution in [-0.4, -0.2) is 44.0 Å². The Morgan fingerprint density at radius 1 is 1.41 bits per heavy atom. The summed E-state index contributed by atoms with van der Waals surface area (Å²) in [6.07, 6.45) is 1.27. The van der Waals surface area contributed by atoms with Crippen LogP contribution in [0.2, 0.25) is 0 Å². The molecule has 0 amide bonds. The lowest BCUT2D eigenvalue weighted by atomic mass is 9.91. The first-order chi connectivity index (χ1) is 8.08. The van der Waals surface area contributed by atoms with E-state index in [1.54, 1.807) is 0 Å². The van der Waals surface area contributed by atoms with Crippen molar-refractivity contribution >= 4 is 5.69 Å². The lowest BCUT2D eigenvalue weighted by molar-refractivity contribution is 0.213. The predicted octanol–water partition coefficient (Wildman–Crippen LogP) is 1.82. The fourth-order valence-corrected chi connectivity index (χ4v) is 2.96. The van der Waals surface area contributed by atoms with Crippen molar-refractivity contribution in [2.45, 2.75) is 12.5 Å². The molecule has 1 fully saturated rings. The number of hydrogen-bond acceptors (Lipinski definition) is 3. The lowest BCUT2D eigenvalue weighted by Crippen LogP contribution is -2.29. The van der Waals surface area contributed by atoms with Crippen LogP contribution >= 0.6 is 0 Å². The minimum Gasteiger partial charge on any atom is -0.399 e. The Morgan fingerprint density at radius 2 is 2.18 bits per heavy atom. The topological polar surface area (TPSA) is 32.5 Å². The van der Waals surface area contributed by atoms with Crippen LogP contribution in [0.1, 0.15) is 18.0 Å². The molecule has 94 valence electrons. The van der Waals surface area contributed by atoms with Crippen molar-refractivity contribution in [1.82, 2.24) is 9.80 Å². The molecule has 1 aliphatic rings. The number of nitrogens with two attached hydrogens (primary N) is 1. The van der Waals surface area contributed by atoms with E-state index in [1.807, 2.05) is 6.07 Å². The van der Waals surface area contributed by atoms with Gasteiger partial charge < -0.3 is 15.5 Å². The van der Waals surface area contributed by atoms with Crippen LogP contribution in [0.3, 0.4) is 0 Å². The minimum absolute atomic E-state index is 0.475. The Labute approximate surface area is 104 Å². The van der Waals surface area contributed by atoms with Crippen molar-refractivity contribution in [2.75, 3.05) is 40.0 Å². The Bertz CT molecular complexity index is 375. The zero-order chi connectivity index (χ0) is 12.4. The summed E-state index contributed by atoms with van der Waals surface area (Å²) < 4.78 is 0. The van der Waals surface area contributed by atoms with E-state index in [0.29, 0.717) is 12.0 Å². The SMILES string of the molecule is CN1CCC(C(c2cccc(N)c2)N(C)C)C1. The highest BCUT2D eigenvalue weighted by molar-refractivity contribution is 5.42. The number of rotatable bonds is 3. The fraction of sp³-hybridized carbons (Fsp3) is 0.571. The van der Waals surface area contributed by atoms with Crippen molar-refractivity contribution in [3.8, 4) is 0 Å². The fourth-order valence-electron chi connectivity index (χ4n) is 2.96. The van der Waals surface area contributed by atoms with Crippen molar-refractivity contribution in [2.24, 2.45) is 5.92 Å². The van der Waals surface area contributed by atoms with Gasteiger partial charge in [-0.15, -0.1) is 0 Å². The van der Waals surface area contributed by atoms with Gasteiger partial charge in [0.15, 0.2) is 0 Å². The molecule has 0 radical (unpaired) electrons. The minimum atomic E-state index is 0.475. The van der Waals surface area contributed by atoms with Crippen LogP contribution in [0, 0.1) is 5.92 Å². The Hall–Kier alpha value is -1.06. The van der Waals surface area contributed by atoms with Crippen LogP contribution in [-0.2, 0) is 0 Å². The van der Waals surface area contributed by atoms with E-state index >= 15 is 0 Å². The molecule has 0 bridgehead atoms. The van der Waals surface area contributed by atoms with Gasteiger partial charge in [-0.05, 0) is 57.7 Å². The maximum absolute atomic E-state index is 5.89. The largest absolute Gasteiger partial charge is 0.399 e. The maximum atomic E-state index is 5.89. The normalized spacial score (nSPS) is 23.2. The summed E-state index contributed by atoms with van der Waals surface area (Å²) in [5.41, 5.74) is 8.10. The van der Waals surface area contributed by atoms with Gasteiger partial charge in [0.05, 0.1) is 0 Å². The van der Waals surface area contributed by atoms with Gasteiger partial charge in [0.1, 0.15) is 0 Å². The summed E-state index contributed by atoms with van der Waals surface area (Å²) in [4.78, 5) is 4.73. The molecule has 2 rings (SSSR count). The van der Waals surface area contributed by atoms with Gasteiger partial charge in [-0.1, -0.05) is 12.1 Å². The van der Waals surface area contributed by atoms with E-state index in [9.17, 15) is 0 Å². The van der Waals surface area contributed by atoms with E-state index in [1.165, 1.54) is 25.1 Å². The number of likely N-dealkylation sites (tertiary alicyclic amines) is 1. The first-order valence-corrected chi connectivity index (χ1v) is 6.28. The molecule has 0 spiro atoms. The number of benzene rings is 1. The molecule has 1 aliphatic heterocycles. The third kappa shape index (κ3) is 2.79. The smallest absolute Gasteiger partial charge is 0.0383 e. The van der Waals surface area contributed by atoms with E-state index in [4.69, 9.17) is 5.73 Å². The summed E-state index contributed by atoms with van der Waals surface area (Å²) in [6.45, 7) is 2.38. The van der Waals surface area contributed by atoms with Gasteiger partial charge in [-0.2, -0.15) is 0 Å². The third-order valence-corrected chi connectivity index (χ3v) is 3.68. The molecule has 1 heterocycles. The van der Waals surface area contributed by atoms with E-state index in [-0.39, 0.29) is 0 Å². The van der Waals surface area contributed by atoms with E-state index in [2.05, 4.69) is 49.1 Å². The van der Waals surface area contributed by atoms with Gasteiger partial charge in [0.25, 0.3) is 0 Å². The van der Waals surface area contributed by atoms with Crippen LogP contribution in [0.25, 0.3) is 0 Å². The molecule has 0 saturated carbocycles. The Kier molecular flexibility index (Phi) is 3.69. The van der Waals surface area contributed by atoms with Crippen molar-refractivity contribution in [1.29, 1.82) is 0 Å². The third-order valence-electron chi connectivity index (χ3n) is 3.68. The molecule has 3 nitrogen and oxygen atoms in total. The van der Waals surface area contributed by atoms with Crippen molar-refractivity contribution in [3.05, 3.63) is 29.8 Å². The molecular formula is C14H23N3. The van der Waals surface area contributed by atoms with Gasteiger partial charge in [0, 0.05) is 18.3 Å². The second-order valence-electron chi connectivity index (χ2n) is 5.39. The number of nitrogen functional groups attached to an aromatic ring is 1. The molecule has 0 aromatic heterocycles. The summed E-state index contributed by atoms with van der Waals surface area (Å²) in [5, 5.41) is 0. The molecule has 0 aliphatic carbocycles. The summed E-state index contributed by atoms with van der Waals surface area (Å²) in [5.74, 6) is 0.705. The zero-order valence-electron chi connectivity index (χ0n) is 11.1. The number of nitrogens with zero attached hydrogens (tertiary/aromatic N) is 2. The molecule has 1 saturated heterocycles. The maximum Gasteiger partial charge on any atom is 0.0383 e. The van der Waals surface area contributed by atoms with E-state index in [0.717, 1.165) is 5.69 Å². The molecule has 1 aromatic carbocycles. The second kappa shape index (κ2) is 5.07. The highest BCUT2D eigenvalue weighted by Gasteiger charge is 2.30. The highest BCUT2D eigenvalue weighted by Crippen LogP contribution is 2.33. The molecular weight excluding hydrogens is 210 g/mol. The standard InChI is InChI=1S/C14H23N3/c1-16(2)14(12-7-8-17(3)10-12)11-5-4-6-13(15)9-11/h4-6,9,12,14H,7-8,10,15H2,1-3H3. The Balaban J connectivity index is 2.23. The molecule has 2 unspecified atom stereocenters. The van der Waals surface area contributed by atoms with Crippen molar-refractivity contribution < 1.29 is 0 Å².